The van der Waals surface area contributed by atoms with Crippen molar-refractivity contribution < 1.29 is 4.74 Å². The van der Waals surface area contributed by atoms with E-state index in [-0.39, 0.29) is 0 Å². The molecule has 5 aromatic rings. The Balaban J connectivity index is 1.36. The normalized spacial score (nSPS) is 13.9. The first-order valence-electron chi connectivity index (χ1n) is 12.2. The van der Waals surface area contributed by atoms with Crippen LogP contribution in [0.25, 0.3) is 33.3 Å². The summed E-state index contributed by atoms with van der Waals surface area (Å²) in [6.07, 6.45) is 4.18. The monoisotopic (exact) mass is 479 g/mol. The molecule has 0 saturated carbocycles. The molecule has 0 bridgehead atoms. The van der Waals surface area contributed by atoms with E-state index in [1.54, 1.807) is 0 Å². The first-order valence-corrected chi connectivity index (χ1v) is 12.2. The van der Waals surface area contributed by atoms with E-state index in [1.807, 2.05) is 31.8 Å². The Morgan fingerprint density at radius 2 is 1.64 bits per heavy atom. The molecule has 6 rings (SSSR count). The van der Waals surface area contributed by atoms with Crippen LogP contribution in [0.15, 0.2) is 67.0 Å². The van der Waals surface area contributed by atoms with Crippen LogP contribution in [0.4, 0.5) is 17.5 Å². The first kappa shape index (κ1) is 22.3. The van der Waals surface area contributed by atoms with Gasteiger partial charge in [0, 0.05) is 62.3 Å². The Morgan fingerprint density at radius 1 is 0.861 bits per heavy atom. The predicted molar refractivity (Wildman–Crippen MR) is 144 cm³/mol. The number of fused-ring (bicyclic) bond motifs is 1. The number of rotatable bonds is 5. The lowest BCUT2D eigenvalue weighted by atomic mass is 10.1. The third-order valence-corrected chi connectivity index (χ3v) is 6.66. The Kier molecular flexibility index (Phi) is 5.65. The first-order chi connectivity index (χ1) is 17.5. The lowest BCUT2D eigenvalue weighted by molar-refractivity contribution is 0.122. The maximum atomic E-state index is 5.55. The summed E-state index contributed by atoms with van der Waals surface area (Å²) >= 11 is 0. The van der Waals surface area contributed by atoms with Crippen LogP contribution in [0, 0.1) is 6.92 Å². The molecule has 1 fully saturated rings. The van der Waals surface area contributed by atoms with Gasteiger partial charge in [-0.1, -0.05) is 24.3 Å². The molecule has 4 heterocycles. The Hall–Kier alpha value is -4.17. The maximum Gasteiger partial charge on any atom is 0.228 e. The van der Waals surface area contributed by atoms with Crippen molar-refractivity contribution >= 4 is 28.4 Å². The number of anilines is 3. The summed E-state index contributed by atoms with van der Waals surface area (Å²) in [4.78, 5) is 12.0. The number of hydrogen-bond donors (Lipinski definition) is 1. The van der Waals surface area contributed by atoms with E-state index in [0.717, 1.165) is 52.4 Å². The van der Waals surface area contributed by atoms with Crippen molar-refractivity contribution in [3.8, 4) is 22.4 Å². The van der Waals surface area contributed by atoms with E-state index in [2.05, 4.69) is 80.8 Å². The highest BCUT2D eigenvalue weighted by molar-refractivity contribution is 5.86. The number of morpholine rings is 1. The third-order valence-electron chi connectivity index (χ3n) is 6.66. The van der Waals surface area contributed by atoms with Crippen LogP contribution in [0.3, 0.4) is 0 Å². The number of ether oxygens (including phenoxy) is 1. The van der Waals surface area contributed by atoms with Gasteiger partial charge in [-0.05, 0) is 42.3 Å². The van der Waals surface area contributed by atoms with Gasteiger partial charge in [-0.3, -0.25) is 4.68 Å². The van der Waals surface area contributed by atoms with Crippen LogP contribution in [0.5, 0.6) is 0 Å². The van der Waals surface area contributed by atoms with Crippen LogP contribution < -0.4 is 10.2 Å². The summed E-state index contributed by atoms with van der Waals surface area (Å²) in [5.74, 6) is 1.47. The molecule has 8 heteroatoms. The molecule has 1 saturated heterocycles. The minimum Gasteiger partial charge on any atom is -0.378 e. The smallest absolute Gasteiger partial charge is 0.228 e. The molecule has 0 atom stereocenters. The number of aromatic nitrogens is 5. The second-order valence-electron chi connectivity index (χ2n) is 9.25. The fraction of sp³-hybridized carbons (Fsp3) is 0.250. The lowest BCUT2D eigenvalue weighted by Crippen LogP contribution is -2.37. The van der Waals surface area contributed by atoms with Gasteiger partial charge in [0.15, 0.2) is 0 Å². The van der Waals surface area contributed by atoms with Gasteiger partial charge in [0.05, 0.1) is 30.1 Å². The number of hydrogen-bond acceptors (Lipinski definition) is 6. The molecular weight excluding hydrogens is 450 g/mol. The molecule has 0 aliphatic carbocycles. The van der Waals surface area contributed by atoms with E-state index in [0.29, 0.717) is 19.2 Å². The molecule has 8 nitrogen and oxygen atoms in total. The second kappa shape index (κ2) is 9.13. The second-order valence-corrected chi connectivity index (χ2v) is 9.25. The van der Waals surface area contributed by atoms with E-state index < -0.39 is 0 Å². The molecule has 1 aliphatic heterocycles. The predicted octanol–water partition coefficient (Wildman–Crippen LogP) is 4.92. The largest absolute Gasteiger partial charge is 0.378 e. The summed E-state index contributed by atoms with van der Waals surface area (Å²) in [6, 6.07) is 18.9. The number of benzene rings is 2. The van der Waals surface area contributed by atoms with Crippen LogP contribution in [0.1, 0.15) is 5.69 Å². The Morgan fingerprint density at radius 3 is 2.39 bits per heavy atom. The van der Waals surface area contributed by atoms with Gasteiger partial charge in [-0.15, -0.1) is 0 Å². The average molecular weight is 480 g/mol. The van der Waals surface area contributed by atoms with Gasteiger partial charge in [0.25, 0.3) is 0 Å². The molecule has 0 amide bonds. The number of nitrogens with zero attached hydrogens (tertiary/aromatic N) is 6. The molecule has 0 unspecified atom stereocenters. The fourth-order valence-corrected chi connectivity index (χ4v) is 4.72. The van der Waals surface area contributed by atoms with Crippen molar-refractivity contribution in [2.45, 2.75) is 6.92 Å². The van der Waals surface area contributed by atoms with Crippen molar-refractivity contribution in [3.63, 3.8) is 0 Å². The summed E-state index contributed by atoms with van der Waals surface area (Å²) in [6.45, 7) is 4.94. The quantitative estimate of drug-likeness (QED) is 0.386. The van der Waals surface area contributed by atoms with Crippen LogP contribution in [0.2, 0.25) is 0 Å². The SMILES string of the molecule is Cc1nn(C)c2cc(-c3cc(Nc4ccc(-c5ccn(C)c5)cc4)nc(N4CCOCC4)n3)ccc12. The van der Waals surface area contributed by atoms with Gasteiger partial charge in [-0.2, -0.15) is 10.1 Å². The van der Waals surface area contributed by atoms with E-state index in [4.69, 9.17) is 14.7 Å². The standard InChI is InChI=1S/C28H29N7O/c1-19-24-9-6-21(16-26(24)34(3)32-19)25-17-27(31-28(30-25)35-12-14-36-15-13-35)29-23-7-4-20(5-8-23)22-10-11-33(2)18-22/h4-11,16-18H,12-15H2,1-3H3,(H,29,30,31). The van der Waals surface area contributed by atoms with Crippen molar-refractivity contribution in [2.75, 3.05) is 36.5 Å². The highest BCUT2D eigenvalue weighted by Crippen LogP contribution is 2.29. The fourth-order valence-electron chi connectivity index (χ4n) is 4.72. The van der Waals surface area contributed by atoms with Crippen molar-refractivity contribution in [1.29, 1.82) is 0 Å². The molecular formula is C28H29N7O. The van der Waals surface area contributed by atoms with Crippen LogP contribution >= 0.6 is 0 Å². The highest BCUT2D eigenvalue weighted by atomic mass is 16.5. The van der Waals surface area contributed by atoms with E-state index >= 15 is 0 Å². The minimum atomic E-state index is 0.678. The maximum absolute atomic E-state index is 5.55. The zero-order valence-corrected chi connectivity index (χ0v) is 20.8. The average Bonchev–Trinajstić information content (AvgIpc) is 3.47. The van der Waals surface area contributed by atoms with Crippen molar-refractivity contribution in [1.82, 2.24) is 24.3 Å². The van der Waals surface area contributed by atoms with Gasteiger partial charge < -0.3 is 19.5 Å². The lowest BCUT2D eigenvalue weighted by Gasteiger charge is -2.27. The molecule has 0 radical (unpaired) electrons. The molecule has 1 aliphatic rings. The number of aryl methyl sites for hydroxylation is 3. The molecule has 36 heavy (non-hydrogen) atoms. The molecule has 3 aromatic heterocycles. The summed E-state index contributed by atoms with van der Waals surface area (Å²) in [5, 5.41) is 9.22. The molecule has 2 aromatic carbocycles. The van der Waals surface area contributed by atoms with Gasteiger partial charge in [0.1, 0.15) is 5.82 Å². The van der Waals surface area contributed by atoms with Gasteiger partial charge >= 0.3 is 0 Å². The number of nitrogens with one attached hydrogen (secondary N) is 1. The zero-order valence-electron chi connectivity index (χ0n) is 20.8. The van der Waals surface area contributed by atoms with Crippen molar-refractivity contribution in [3.05, 3.63) is 72.7 Å². The Bertz CT molecular complexity index is 1530. The van der Waals surface area contributed by atoms with Crippen molar-refractivity contribution in [2.24, 2.45) is 14.1 Å². The summed E-state index contributed by atoms with van der Waals surface area (Å²) in [7, 11) is 4.01. The Labute approximate surface area is 210 Å². The summed E-state index contributed by atoms with van der Waals surface area (Å²) < 4.78 is 9.53. The molecule has 182 valence electrons. The van der Waals surface area contributed by atoms with E-state index in [1.165, 1.54) is 11.1 Å². The van der Waals surface area contributed by atoms with Gasteiger partial charge in [-0.25, -0.2) is 4.98 Å². The zero-order chi connectivity index (χ0) is 24.6. The van der Waals surface area contributed by atoms with Crippen LogP contribution in [-0.2, 0) is 18.8 Å². The van der Waals surface area contributed by atoms with E-state index in [9.17, 15) is 0 Å². The van der Waals surface area contributed by atoms with Gasteiger partial charge in [0.2, 0.25) is 5.95 Å². The highest BCUT2D eigenvalue weighted by Gasteiger charge is 2.17. The van der Waals surface area contributed by atoms with Crippen LogP contribution in [-0.4, -0.2) is 50.6 Å². The summed E-state index contributed by atoms with van der Waals surface area (Å²) in [5.41, 5.74) is 7.37. The topological polar surface area (TPSA) is 73.0 Å². The minimum absolute atomic E-state index is 0.678. The third kappa shape index (κ3) is 4.31. The molecule has 1 N–H and O–H groups in total. The molecule has 0 spiro atoms.